The number of aliphatic hydroxyl groups is 2. The molecule has 0 radical (unpaired) electrons. The van der Waals surface area contributed by atoms with Crippen molar-refractivity contribution in [1.82, 2.24) is 0 Å². The van der Waals surface area contributed by atoms with E-state index in [9.17, 15) is 10.2 Å². The van der Waals surface area contributed by atoms with E-state index < -0.39 is 0 Å². The quantitative estimate of drug-likeness (QED) is 0.518. The Morgan fingerprint density at radius 2 is 1.20 bits per heavy atom. The molecule has 4 atom stereocenters. The third-order valence-corrected chi connectivity index (χ3v) is 3.09. The predicted molar refractivity (Wildman–Crippen MR) is 37.5 cm³/mol. The molecular weight excluding hydrogens is 128 g/mol. The Morgan fingerprint density at radius 1 is 0.800 bits per heavy atom. The van der Waals surface area contributed by atoms with Gasteiger partial charge < -0.3 is 10.2 Å². The fraction of sp³-hybridized carbons (Fsp3) is 1.00. The molecule has 3 aliphatic rings. The first kappa shape index (κ1) is 6.62. The van der Waals surface area contributed by atoms with Crippen molar-refractivity contribution < 1.29 is 10.2 Å². The van der Waals surface area contributed by atoms with Crippen LogP contribution in [0.4, 0.5) is 0 Å². The van der Waals surface area contributed by atoms with Gasteiger partial charge in [-0.3, -0.25) is 0 Å². The molecule has 0 aromatic carbocycles. The Balaban J connectivity index is 2.09. The van der Waals surface area contributed by atoms with Gasteiger partial charge in [0.2, 0.25) is 0 Å². The summed E-state index contributed by atoms with van der Waals surface area (Å²) in [5.74, 6) is 0.806. The number of fused-ring (bicyclic) bond motifs is 3. The zero-order valence-corrected chi connectivity index (χ0v) is 6.03. The highest BCUT2D eigenvalue weighted by Gasteiger charge is 2.39. The highest BCUT2D eigenvalue weighted by atomic mass is 16.3. The lowest BCUT2D eigenvalue weighted by Gasteiger charge is -2.42. The molecule has 58 valence electrons. The summed E-state index contributed by atoms with van der Waals surface area (Å²) >= 11 is 0. The smallest absolute Gasteiger partial charge is 0.0573 e. The van der Waals surface area contributed by atoms with E-state index in [0.717, 1.165) is 25.7 Å². The lowest BCUT2D eigenvalue weighted by atomic mass is 9.67. The van der Waals surface area contributed by atoms with Gasteiger partial charge in [0.15, 0.2) is 0 Å². The third kappa shape index (κ3) is 0.867. The molecule has 4 unspecified atom stereocenters. The van der Waals surface area contributed by atoms with Gasteiger partial charge in [-0.05, 0) is 37.5 Å². The largest absolute Gasteiger partial charge is 0.393 e. The minimum absolute atomic E-state index is 0.109. The average molecular weight is 142 g/mol. The molecule has 10 heavy (non-hydrogen) atoms. The van der Waals surface area contributed by atoms with E-state index in [1.165, 1.54) is 0 Å². The summed E-state index contributed by atoms with van der Waals surface area (Å²) in [5.41, 5.74) is 0. The van der Waals surface area contributed by atoms with E-state index in [1.807, 2.05) is 0 Å². The standard InChI is InChI=1S/C8H14O2/c9-7-4-6-2-1-5(7)3-8(6)10/h5-10H,1-4H2. The van der Waals surface area contributed by atoms with E-state index in [-0.39, 0.29) is 12.2 Å². The van der Waals surface area contributed by atoms with Crippen molar-refractivity contribution in [3.63, 3.8) is 0 Å². The van der Waals surface area contributed by atoms with Crippen LogP contribution in [0.15, 0.2) is 0 Å². The minimum atomic E-state index is -0.109. The van der Waals surface area contributed by atoms with Crippen molar-refractivity contribution in [2.45, 2.75) is 37.9 Å². The van der Waals surface area contributed by atoms with Crippen molar-refractivity contribution in [2.24, 2.45) is 11.8 Å². The van der Waals surface area contributed by atoms with Crippen molar-refractivity contribution >= 4 is 0 Å². The molecule has 0 aliphatic heterocycles. The Morgan fingerprint density at radius 3 is 1.40 bits per heavy atom. The topological polar surface area (TPSA) is 40.5 Å². The van der Waals surface area contributed by atoms with Crippen LogP contribution in [0, 0.1) is 11.8 Å². The first-order chi connectivity index (χ1) is 4.77. The summed E-state index contributed by atoms with van der Waals surface area (Å²) in [6.45, 7) is 0. The van der Waals surface area contributed by atoms with Gasteiger partial charge in [0.25, 0.3) is 0 Å². The maximum Gasteiger partial charge on any atom is 0.0573 e. The second kappa shape index (κ2) is 2.21. The van der Waals surface area contributed by atoms with Crippen LogP contribution in [-0.2, 0) is 0 Å². The molecular formula is C8H14O2. The average Bonchev–Trinajstić information content (AvgIpc) is 1.91. The van der Waals surface area contributed by atoms with E-state index in [0.29, 0.717) is 11.8 Å². The summed E-state index contributed by atoms with van der Waals surface area (Å²) in [7, 11) is 0. The zero-order chi connectivity index (χ0) is 7.14. The lowest BCUT2D eigenvalue weighted by molar-refractivity contribution is -0.0715. The molecule has 2 nitrogen and oxygen atoms in total. The zero-order valence-electron chi connectivity index (χ0n) is 6.03. The van der Waals surface area contributed by atoms with E-state index in [2.05, 4.69) is 0 Å². The van der Waals surface area contributed by atoms with Crippen molar-refractivity contribution in [1.29, 1.82) is 0 Å². The van der Waals surface area contributed by atoms with Crippen LogP contribution in [0.1, 0.15) is 25.7 Å². The van der Waals surface area contributed by atoms with E-state index in [1.54, 1.807) is 0 Å². The van der Waals surface area contributed by atoms with Crippen LogP contribution in [0.2, 0.25) is 0 Å². The Hall–Kier alpha value is -0.0800. The Bertz CT molecular complexity index is 119. The molecule has 2 bridgehead atoms. The fourth-order valence-electron chi connectivity index (χ4n) is 2.37. The van der Waals surface area contributed by atoms with Crippen LogP contribution in [0.25, 0.3) is 0 Å². The molecule has 3 aliphatic carbocycles. The maximum absolute atomic E-state index is 9.41. The van der Waals surface area contributed by atoms with Crippen LogP contribution in [-0.4, -0.2) is 22.4 Å². The van der Waals surface area contributed by atoms with Gasteiger partial charge in [-0.15, -0.1) is 0 Å². The van der Waals surface area contributed by atoms with E-state index in [4.69, 9.17) is 0 Å². The summed E-state index contributed by atoms with van der Waals surface area (Å²) in [4.78, 5) is 0. The maximum atomic E-state index is 9.41. The molecule has 3 fully saturated rings. The summed E-state index contributed by atoms with van der Waals surface area (Å²) in [6.07, 6.45) is 3.72. The van der Waals surface area contributed by atoms with Crippen molar-refractivity contribution in [3.8, 4) is 0 Å². The molecule has 0 aromatic heterocycles. The third-order valence-electron chi connectivity index (χ3n) is 3.09. The van der Waals surface area contributed by atoms with Crippen LogP contribution < -0.4 is 0 Å². The summed E-state index contributed by atoms with van der Waals surface area (Å²) in [5, 5.41) is 18.8. The molecule has 3 rings (SSSR count). The van der Waals surface area contributed by atoms with Crippen LogP contribution >= 0.6 is 0 Å². The second-order valence-corrected chi connectivity index (χ2v) is 3.70. The van der Waals surface area contributed by atoms with Gasteiger partial charge >= 0.3 is 0 Å². The first-order valence-electron chi connectivity index (χ1n) is 4.13. The number of rotatable bonds is 0. The predicted octanol–water partition coefficient (Wildman–Crippen LogP) is 0.528. The molecule has 0 aromatic rings. The van der Waals surface area contributed by atoms with Gasteiger partial charge in [0.1, 0.15) is 0 Å². The monoisotopic (exact) mass is 142 g/mol. The molecule has 3 saturated carbocycles. The fourth-order valence-corrected chi connectivity index (χ4v) is 2.37. The molecule has 2 heteroatoms. The van der Waals surface area contributed by atoms with Crippen molar-refractivity contribution in [3.05, 3.63) is 0 Å². The normalized spacial score (nSPS) is 53.4. The lowest BCUT2D eigenvalue weighted by Crippen LogP contribution is -2.43. The highest BCUT2D eigenvalue weighted by molar-refractivity contribution is 4.91. The number of hydrogen-bond donors (Lipinski definition) is 2. The van der Waals surface area contributed by atoms with Gasteiger partial charge in [0.05, 0.1) is 12.2 Å². The number of hydrogen-bond acceptors (Lipinski definition) is 2. The van der Waals surface area contributed by atoms with Gasteiger partial charge in [-0.2, -0.15) is 0 Å². The molecule has 0 spiro atoms. The van der Waals surface area contributed by atoms with E-state index >= 15 is 0 Å². The van der Waals surface area contributed by atoms with Crippen LogP contribution in [0.5, 0.6) is 0 Å². The minimum Gasteiger partial charge on any atom is -0.393 e. The first-order valence-corrected chi connectivity index (χ1v) is 4.13. The SMILES string of the molecule is OC1CC2CCC1CC2O. The molecule has 2 N–H and O–H groups in total. The second-order valence-electron chi connectivity index (χ2n) is 3.70. The summed E-state index contributed by atoms with van der Waals surface area (Å²) in [6, 6.07) is 0. The molecule has 0 amide bonds. The van der Waals surface area contributed by atoms with Crippen molar-refractivity contribution in [2.75, 3.05) is 0 Å². The number of aliphatic hydroxyl groups excluding tert-OH is 2. The Kier molecular flexibility index (Phi) is 1.46. The van der Waals surface area contributed by atoms with Gasteiger partial charge in [0, 0.05) is 0 Å². The van der Waals surface area contributed by atoms with Gasteiger partial charge in [-0.25, -0.2) is 0 Å². The Labute approximate surface area is 60.9 Å². The molecule has 0 heterocycles. The highest BCUT2D eigenvalue weighted by Crippen LogP contribution is 2.41. The van der Waals surface area contributed by atoms with Crippen LogP contribution in [0.3, 0.4) is 0 Å². The van der Waals surface area contributed by atoms with Gasteiger partial charge in [-0.1, -0.05) is 0 Å². The summed E-state index contributed by atoms with van der Waals surface area (Å²) < 4.78 is 0. The molecule has 0 saturated heterocycles.